The van der Waals surface area contributed by atoms with Gasteiger partial charge in [-0.25, -0.2) is 0 Å². The number of amides is 2. The number of rotatable bonds is 10. The number of aliphatic hydroxyl groups excluding tert-OH is 1. The van der Waals surface area contributed by atoms with E-state index in [1.54, 1.807) is 29.9 Å². The van der Waals surface area contributed by atoms with Crippen LogP contribution in [0, 0.1) is 6.92 Å². The monoisotopic (exact) mass is 504 g/mol. The molecule has 194 valence electrons. The highest BCUT2D eigenvalue weighted by atomic mass is 16.7. The third-order valence-corrected chi connectivity index (χ3v) is 6.96. The molecule has 1 fully saturated rings. The van der Waals surface area contributed by atoms with Gasteiger partial charge >= 0.3 is 0 Å². The van der Waals surface area contributed by atoms with Gasteiger partial charge in [-0.15, -0.1) is 0 Å². The number of hydrogen-bond donors (Lipinski definition) is 2. The molecule has 2 aromatic carbocycles. The maximum Gasteiger partial charge on any atom is 0.249 e. The summed E-state index contributed by atoms with van der Waals surface area (Å²) in [5.41, 5.74) is 4.31. The maximum atomic E-state index is 13.7. The van der Waals surface area contributed by atoms with Gasteiger partial charge in [-0.05, 0) is 37.5 Å². The Kier molecular flexibility index (Phi) is 7.14. The lowest BCUT2D eigenvalue weighted by Crippen LogP contribution is -2.49. The van der Waals surface area contributed by atoms with E-state index >= 15 is 0 Å². The van der Waals surface area contributed by atoms with E-state index in [9.17, 15) is 14.7 Å². The summed E-state index contributed by atoms with van der Waals surface area (Å²) in [6.45, 7) is 2.46. The fraction of sp³-hybridized carbons (Fsp3) is 0.393. The molecule has 1 atom stereocenters. The third-order valence-electron chi connectivity index (χ3n) is 6.96. The van der Waals surface area contributed by atoms with Crippen LogP contribution in [0.1, 0.15) is 41.3 Å². The summed E-state index contributed by atoms with van der Waals surface area (Å²) in [6.07, 6.45) is 2.60. The van der Waals surface area contributed by atoms with Crippen molar-refractivity contribution in [2.24, 2.45) is 0 Å². The number of aliphatic hydroxyl groups is 1. The molecule has 1 saturated carbocycles. The zero-order valence-corrected chi connectivity index (χ0v) is 21.1. The van der Waals surface area contributed by atoms with E-state index in [0.29, 0.717) is 36.1 Å². The first-order valence-electron chi connectivity index (χ1n) is 12.6. The van der Waals surface area contributed by atoms with Crippen LogP contribution in [0.3, 0.4) is 0 Å². The second kappa shape index (κ2) is 10.6. The van der Waals surface area contributed by atoms with Crippen LogP contribution in [0.25, 0.3) is 0 Å². The summed E-state index contributed by atoms with van der Waals surface area (Å²) in [4.78, 5) is 28.5. The molecule has 0 bridgehead atoms. The number of aromatic nitrogens is 2. The Labute approximate surface area is 216 Å². The largest absolute Gasteiger partial charge is 0.454 e. The first-order chi connectivity index (χ1) is 17.9. The van der Waals surface area contributed by atoms with Crippen molar-refractivity contribution in [3.63, 3.8) is 0 Å². The van der Waals surface area contributed by atoms with Crippen molar-refractivity contribution >= 4 is 17.5 Å². The number of benzene rings is 2. The quantitative estimate of drug-likeness (QED) is 0.440. The van der Waals surface area contributed by atoms with Crippen LogP contribution in [0.15, 0.2) is 48.5 Å². The summed E-state index contributed by atoms with van der Waals surface area (Å²) in [5, 5.41) is 17.1. The summed E-state index contributed by atoms with van der Waals surface area (Å²) < 4.78 is 12.6. The van der Waals surface area contributed by atoms with Crippen LogP contribution in [0.2, 0.25) is 0 Å². The Morgan fingerprint density at radius 2 is 1.92 bits per heavy atom. The molecule has 2 amide bonds. The minimum absolute atomic E-state index is 0.0158. The molecule has 37 heavy (non-hydrogen) atoms. The standard InChI is InChI=1S/C28H32N4O5/c1-18-22(27(20-8-9-20)30-32(18)12-13-33)16-26(34)29-23(14-19-6-4-3-5-7-19)28(35)31(2)21-10-11-24-25(15-21)37-17-36-24/h3-7,10-11,15,20,23,33H,8-9,12-14,16-17H2,1-2H3,(H,29,34)/t23-/m0/s1. The second-order valence-electron chi connectivity index (χ2n) is 9.59. The van der Waals surface area contributed by atoms with Crippen molar-refractivity contribution in [2.75, 3.05) is 25.3 Å². The first kappa shape index (κ1) is 24.8. The molecule has 0 radical (unpaired) electrons. The molecule has 9 nitrogen and oxygen atoms in total. The highest BCUT2D eigenvalue weighted by molar-refractivity contribution is 5.99. The molecule has 9 heteroatoms. The molecule has 2 heterocycles. The van der Waals surface area contributed by atoms with Crippen LogP contribution in [-0.2, 0) is 29.0 Å². The molecule has 1 aliphatic heterocycles. The zero-order chi connectivity index (χ0) is 25.9. The number of anilines is 1. The number of carbonyl (C=O) groups is 2. The Hall–Kier alpha value is -3.85. The van der Waals surface area contributed by atoms with Crippen molar-refractivity contribution < 1.29 is 24.2 Å². The van der Waals surface area contributed by atoms with Gasteiger partial charge in [0.15, 0.2) is 11.5 Å². The minimum atomic E-state index is -0.762. The predicted molar refractivity (Wildman–Crippen MR) is 138 cm³/mol. The van der Waals surface area contributed by atoms with Crippen molar-refractivity contribution in [1.82, 2.24) is 15.1 Å². The summed E-state index contributed by atoms with van der Waals surface area (Å²) in [5.74, 6) is 1.12. The van der Waals surface area contributed by atoms with E-state index in [1.807, 2.05) is 37.3 Å². The fourth-order valence-electron chi connectivity index (χ4n) is 4.73. The molecule has 3 aromatic rings. The summed E-state index contributed by atoms with van der Waals surface area (Å²) in [6, 6.07) is 14.2. The van der Waals surface area contributed by atoms with Gasteiger partial charge in [0, 0.05) is 42.4 Å². The number of ether oxygens (including phenoxy) is 2. The number of likely N-dealkylation sites (N-methyl/N-ethyl adjacent to an activating group) is 1. The van der Waals surface area contributed by atoms with Gasteiger partial charge < -0.3 is 24.8 Å². The number of fused-ring (bicyclic) bond motifs is 1. The van der Waals surface area contributed by atoms with E-state index < -0.39 is 6.04 Å². The molecule has 1 aliphatic carbocycles. The molecule has 2 aliphatic rings. The smallest absolute Gasteiger partial charge is 0.249 e. The predicted octanol–water partition coefficient (Wildman–Crippen LogP) is 2.72. The maximum absolute atomic E-state index is 13.7. The molecule has 0 saturated heterocycles. The van der Waals surface area contributed by atoms with Crippen LogP contribution < -0.4 is 19.7 Å². The molecular formula is C28H32N4O5. The fourth-order valence-corrected chi connectivity index (χ4v) is 4.73. The highest BCUT2D eigenvalue weighted by Crippen LogP contribution is 2.42. The molecule has 1 aromatic heterocycles. The van der Waals surface area contributed by atoms with Gasteiger partial charge in [0.2, 0.25) is 18.6 Å². The summed E-state index contributed by atoms with van der Waals surface area (Å²) in [7, 11) is 1.69. The van der Waals surface area contributed by atoms with E-state index in [2.05, 4.69) is 10.4 Å². The van der Waals surface area contributed by atoms with E-state index in [0.717, 1.165) is 35.4 Å². The van der Waals surface area contributed by atoms with Crippen molar-refractivity contribution in [3.8, 4) is 11.5 Å². The zero-order valence-electron chi connectivity index (χ0n) is 21.1. The van der Waals surface area contributed by atoms with Gasteiger partial charge in [-0.1, -0.05) is 30.3 Å². The van der Waals surface area contributed by atoms with Crippen LogP contribution in [0.4, 0.5) is 5.69 Å². The average molecular weight is 505 g/mol. The van der Waals surface area contributed by atoms with Crippen LogP contribution in [0.5, 0.6) is 11.5 Å². The Balaban J connectivity index is 1.36. The Morgan fingerprint density at radius 1 is 1.16 bits per heavy atom. The number of nitrogens with zero attached hydrogens (tertiary/aromatic N) is 3. The van der Waals surface area contributed by atoms with Crippen molar-refractivity contribution in [3.05, 3.63) is 71.0 Å². The Morgan fingerprint density at radius 3 is 2.65 bits per heavy atom. The first-order valence-corrected chi connectivity index (χ1v) is 12.6. The topological polar surface area (TPSA) is 106 Å². The van der Waals surface area contributed by atoms with Gasteiger partial charge in [0.1, 0.15) is 6.04 Å². The molecule has 2 N–H and O–H groups in total. The molecule has 0 unspecified atom stereocenters. The van der Waals surface area contributed by atoms with Crippen molar-refractivity contribution in [1.29, 1.82) is 0 Å². The van der Waals surface area contributed by atoms with E-state index in [-0.39, 0.29) is 31.6 Å². The normalized spacial score (nSPS) is 14.9. The minimum Gasteiger partial charge on any atom is -0.454 e. The Bertz CT molecular complexity index is 1290. The lowest BCUT2D eigenvalue weighted by molar-refractivity contribution is -0.127. The van der Waals surface area contributed by atoms with E-state index in [4.69, 9.17) is 9.47 Å². The highest BCUT2D eigenvalue weighted by Gasteiger charge is 2.32. The van der Waals surface area contributed by atoms with Crippen LogP contribution >= 0.6 is 0 Å². The summed E-state index contributed by atoms with van der Waals surface area (Å²) >= 11 is 0. The van der Waals surface area contributed by atoms with Crippen molar-refractivity contribution in [2.45, 2.75) is 51.1 Å². The number of nitrogens with one attached hydrogen (secondary N) is 1. The van der Waals surface area contributed by atoms with Gasteiger partial charge in [-0.2, -0.15) is 5.10 Å². The molecule has 5 rings (SSSR count). The lowest BCUT2D eigenvalue weighted by atomic mass is 10.0. The number of carbonyl (C=O) groups excluding carboxylic acids is 2. The van der Waals surface area contributed by atoms with Gasteiger partial charge in [0.25, 0.3) is 0 Å². The second-order valence-corrected chi connectivity index (χ2v) is 9.59. The van der Waals surface area contributed by atoms with Crippen LogP contribution in [-0.4, -0.2) is 53.2 Å². The van der Waals surface area contributed by atoms with Gasteiger partial charge in [-0.3, -0.25) is 14.3 Å². The van der Waals surface area contributed by atoms with E-state index in [1.165, 1.54) is 4.90 Å². The lowest BCUT2D eigenvalue weighted by Gasteiger charge is -2.25. The third kappa shape index (κ3) is 5.46. The molecule has 0 spiro atoms. The SMILES string of the molecule is Cc1c(CC(=O)N[C@@H](Cc2ccccc2)C(=O)N(C)c2ccc3c(c2)OCO3)c(C2CC2)nn1CCO. The molecular weight excluding hydrogens is 472 g/mol. The van der Waals surface area contributed by atoms with Gasteiger partial charge in [0.05, 0.1) is 25.3 Å². The number of hydrogen-bond acceptors (Lipinski definition) is 6. The average Bonchev–Trinajstić information content (AvgIpc) is 3.57.